The lowest BCUT2D eigenvalue weighted by Crippen LogP contribution is -2.16. The minimum Gasteiger partial charge on any atom is -0.396 e. The van der Waals surface area contributed by atoms with Crippen molar-refractivity contribution >= 4 is 0 Å². The molecule has 1 aromatic heterocycles. The third kappa shape index (κ3) is 4.72. The van der Waals surface area contributed by atoms with E-state index >= 15 is 0 Å². The molecule has 2 aromatic carbocycles. The molecule has 1 heterocycles. The van der Waals surface area contributed by atoms with Crippen LogP contribution in [0.15, 0.2) is 66.9 Å². The van der Waals surface area contributed by atoms with Crippen LogP contribution in [0.3, 0.4) is 0 Å². The van der Waals surface area contributed by atoms with Crippen LogP contribution in [0, 0.1) is 0 Å². The molecule has 2 N–H and O–H groups in total. The Balaban J connectivity index is 1.86. The second kappa shape index (κ2) is 9.06. The minimum absolute atomic E-state index is 0.241. The number of benzene rings is 2. The van der Waals surface area contributed by atoms with Crippen molar-refractivity contribution in [3.63, 3.8) is 0 Å². The van der Waals surface area contributed by atoms with Crippen LogP contribution in [0.1, 0.15) is 18.5 Å². The largest absolute Gasteiger partial charge is 0.396 e. The van der Waals surface area contributed by atoms with E-state index in [0.29, 0.717) is 6.54 Å². The molecule has 0 aliphatic carbocycles. The Bertz CT molecular complexity index is 776. The summed E-state index contributed by atoms with van der Waals surface area (Å²) < 4.78 is 0. The summed E-state index contributed by atoms with van der Waals surface area (Å²) in [6.07, 6.45) is 3.62. The number of aliphatic hydroxyl groups is 1. The third-order valence-electron chi connectivity index (χ3n) is 3.98. The van der Waals surface area contributed by atoms with Gasteiger partial charge in [-0.25, -0.2) is 4.98 Å². The van der Waals surface area contributed by atoms with Crippen molar-refractivity contribution in [2.75, 3.05) is 13.2 Å². The van der Waals surface area contributed by atoms with Crippen LogP contribution in [0.4, 0.5) is 0 Å². The van der Waals surface area contributed by atoms with E-state index in [1.165, 1.54) is 0 Å². The summed E-state index contributed by atoms with van der Waals surface area (Å²) in [4.78, 5) is 9.56. The van der Waals surface area contributed by atoms with Crippen molar-refractivity contribution in [2.24, 2.45) is 0 Å². The van der Waals surface area contributed by atoms with Gasteiger partial charge in [0.2, 0.25) is 0 Å². The van der Waals surface area contributed by atoms with Gasteiger partial charge in [0, 0.05) is 24.3 Å². The van der Waals surface area contributed by atoms with Gasteiger partial charge in [0.1, 0.15) is 0 Å². The molecule has 128 valence electrons. The first kappa shape index (κ1) is 17.3. The summed E-state index contributed by atoms with van der Waals surface area (Å²) in [6.45, 7) is 1.78. The molecule has 0 fully saturated rings. The molecule has 0 spiro atoms. The van der Waals surface area contributed by atoms with Gasteiger partial charge < -0.3 is 10.4 Å². The lowest BCUT2D eigenvalue weighted by molar-refractivity contribution is 0.283. The van der Waals surface area contributed by atoms with Crippen molar-refractivity contribution in [1.82, 2.24) is 15.3 Å². The molecule has 0 saturated carbocycles. The topological polar surface area (TPSA) is 58.0 Å². The molecule has 0 atom stereocenters. The van der Waals surface area contributed by atoms with Crippen molar-refractivity contribution < 1.29 is 5.11 Å². The molecule has 0 bridgehead atoms. The highest BCUT2D eigenvalue weighted by atomic mass is 16.2. The minimum atomic E-state index is 0.241. The maximum atomic E-state index is 8.83. The number of rotatable bonds is 8. The molecule has 0 saturated heterocycles. The Hall–Kier alpha value is -2.56. The predicted molar refractivity (Wildman–Crippen MR) is 101 cm³/mol. The van der Waals surface area contributed by atoms with Crippen LogP contribution in [-0.2, 0) is 6.54 Å². The van der Waals surface area contributed by atoms with Gasteiger partial charge in [-0.1, -0.05) is 60.7 Å². The normalized spacial score (nSPS) is 10.8. The Morgan fingerprint density at radius 2 is 1.44 bits per heavy atom. The van der Waals surface area contributed by atoms with Gasteiger partial charge in [-0.15, -0.1) is 0 Å². The Morgan fingerprint density at radius 3 is 2.08 bits per heavy atom. The number of hydrogen-bond donors (Lipinski definition) is 2. The van der Waals surface area contributed by atoms with Gasteiger partial charge in [-0.05, 0) is 19.4 Å². The second-order valence-electron chi connectivity index (χ2n) is 5.90. The molecule has 0 aliphatic rings. The van der Waals surface area contributed by atoms with Crippen LogP contribution in [-0.4, -0.2) is 28.2 Å². The van der Waals surface area contributed by atoms with E-state index < -0.39 is 0 Å². The number of aliphatic hydroxyl groups excluding tert-OH is 1. The van der Waals surface area contributed by atoms with E-state index in [4.69, 9.17) is 15.1 Å². The molecule has 4 nitrogen and oxygen atoms in total. The monoisotopic (exact) mass is 333 g/mol. The summed E-state index contributed by atoms with van der Waals surface area (Å²) in [5.41, 5.74) is 4.85. The van der Waals surface area contributed by atoms with E-state index in [1.54, 1.807) is 0 Å². The Kier molecular flexibility index (Phi) is 6.26. The molecule has 25 heavy (non-hydrogen) atoms. The number of nitrogens with zero attached hydrogens (tertiary/aromatic N) is 2. The lowest BCUT2D eigenvalue weighted by atomic mass is 10.0. The van der Waals surface area contributed by atoms with Gasteiger partial charge in [0.05, 0.1) is 23.3 Å². The maximum absolute atomic E-state index is 8.83. The van der Waals surface area contributed by atoms with Crippen LogP contribution in [0.2, 0.25) is 0 Å². The average Bonchev–Trinajstić information content (AvgIpc) is 2.69. The van der Waals surface area contributed by atoms with Crippen molar-refractivity contribution in [3.05, 3.63) is 72.6 Å². The van der Waals surface area contributed by atoms with E-state index in [9.17, 15) is 0 Å². The Labute approximate surface area is 148 Å². The molecule has 0 amide bonds. The fourth-order valence-electron chi connectivity index (χ4n) is 2.69. The molecular weight excluding hydrogens is 310 g/mol. The van der Waals surface area contributed by atoms with Gasteiger partial charge in [-0.3, -0.25) is 4.98 Å². The van der Waals surface area contributed by atoms with E-state index in [-0.39, 0.29) is 6.61 Å². The highest BCUT2D eigenvalue weighted by Crippen LogP contribution is 2.28. The number of unbranched alkanes of at least 4 members (excludes halogenated alkanes) is 1. The standard InChI is InChI=1S/C21H23N3O/c25-14-8-7-13-22-15-19-16-23-20(17-9-3-1-4-10-17)21(24-19)18-11-5-2-6-12-18/h1-6,9-12,16,22,25H,7-8,13-15H2. The predicted octanol–water partition coefficient (Wildman–Crippen LogP) is 3.67. The number of nitrogens with one attached hydrogen (secondary N) is 1. The summed E-state index contributed by atoms with van der Waals surface area (Å²) in [5.74, 6) is 0. The maximum Gasteiger partial charge on any atom is 0.0969 e. The van der Waals surface area contributed by atoms with Gasteiger partial charge in [-0.2, -0.15) is 0 Å². The SMILES string of the molecule is OCCCCNCc1cnc(-c2ccccc2)c(-c2ccccc2)n1. The Morgan fingerprint density at radius 1 is 0.800 bits per heavy atom. The van der Waals surface area contributed by atoms with Crippen LogP contribution in [0.25, 0.3) is 22.5 Å². The highest BCUT2D eigenvalue weighted by molar-refractivity contribution is 5.77. The van der Waals surface area contributed by atoms with Crippen molar-refractivity contribution in [1.29, 1.82) is 0 Å². The molecule has 0 radical (unpaired) electrons. The summed E-state index contributed by atoms with van der Waals surface area (Å²) in [7, 11) is 0. The summed E-state index contributed by atoms with van der Waals surface area (Å²) in [5, 5.41) is 12.2. The van der Waals surface area contributed by atoms with E-state index in [1.807, 2.05) is 42.6 Å². The van der Waals surface area contributed by atoms with Gasteiger partial charge in [0.25, 0.3) is 0 Å². The smallest absolute Gasteiger partial charge is 0.0969 e. The first-order chi connectivity index (χ1) is 12.4. The zero-order valence-electron chi connectivity index (χ0n) is 14.2. The first-order valence-electron chi connectivity index (χ1n) is 8.67. The summed E-state index contributed by atoms with van der Waals surface area (Å²) >= 11 is 0. The number of aromatic nitrogens is 2. The number of hydrogen-bond acceptors (Lipinski definition) is 4. The highest BCUT2D eigenvalue weighted by Gasteiger charge is 2.11. The van der Waals surface area contributed by atoms with Gasteiger partial charge >= 0.3 is 0 Å². The average molecular weight is 333 g/mol. The first-order valence-corrected chi connectivity index (χ1v) is 8.67. The van der Waals surface area contributed by atoms with Crippen LogP contribution in [0.5, 0.6) is 0 Å². The molecule has 0 aliphatic heterocycles. The molecule has 4 heteroatoms. The molecule has 0 unspecified atom stereocenters. The zero-order valence-corrected chi connectivity index (χ0v) is 14.2. The fourth-order valence-corrected chi connectivity index (χ4v) is 2.69. The summed E-state index contributed by atoms with van der Waals surface area (Å²) in [6, 6.07) is 20.3. The molecule has 3 aromatic rings. The second-order valence-corrected chi connectivity index (χ2v) is 5.90. The third-order valence-corrected chi connectivity index (χ3v) is 3.98. The van der Waals surface area contributed by atoms with E-state index in [0.717, 1.165) is 47.6 Å². The van der Waals surface area contributed by atoms with Crippen molar-refractivity contribution in [2.45, 2.75) is 19.4 Å². The zero-order chi connectivity index (χ0) is 17.3. The van der Waals surface area contributed by atoms with Gasteiger partial charge in [0.15, 0.2) is 0 Å². The van der Waals surface area contributed by atoms with Crippen molar-refractivity contribution in [3.8, 4) is 22.5 Å². The fraction of sp³-hybridized carbons (Fsp3) is 0.238. The molecule has 3 rings (SSSR count). The van der Waals surface area contributed by atoms with Crippen LogP contribution >= 0.6 is 0 Å². The van der Waals surface area contributed by atoms with Crippen LogP contribution < -0.4 is 5.32 Å². The quantitative estimate of drug-likeness (QED) is 0.618. The van der Waals surface area contributed by atoms with E-state index in [2.05, 4.69) is 29.6 Å². The molecular formula is C21H23N3O. The lowest BCUT2D eigenvalue weighted by Gasteiger charge is -2.11.